The van der Waals surface area contributed by atoms with E-state index in [1.165, 1.54) is 6.07 Å². The van der Waals surface area contributed by atoms with Gasteiger partial charge in [-0.25, -0.2) is 18.6 Å². The summed E-state index contributed by atoms with van der Waals surface area (Å²) in [5.41, 5.74) is -0.864. The Morgan fingerprint density at radius 2 is 2.31 bits per heavy atom. The molecule has 0 radical (unpaired) electrons. The molecule has 0 unspecified atom stereocenters. The van der Waals surface area contributed by atoms with E-state index in [4.69, 9.17) is 11.6 Å². The number of halogens is 4. The third kappa shape index (κ3) is 3.00. The average molecular weight is 362 g/mol. The molecule has 0 bridgehead atoms. The highest BCUT2D eigenvalue weighted by atomic mass is 127. The molecule has 0 saturated carbocycles. The van der Waals surface area contributed by atoms with Gasteiger partial charge in [-0.1, -0.05) is 11.6 Å². The number of rotatable bonds is 3. The summed E-state index contributed by atoms with van der Waals surface area (Å²) in [4.78, 5) is 15.0. The maximum absolute atomic E-state index is 12.7. The smallest absolute Gasteiger partial charge is 0.357 e. The van der Waals surface area contributed by atoms with Crippen molar-refractivity contribution < 1.29 is 18.3 Å². The van der Waals surface area contributed by atoms with E-state index in [1.54, 1.807) is 29.5 Å². The van der Waals surface area contributed by atoms with Crippen LogP contribution in [0.15, 0.2) is 6.07 Å². The summed E-state index contributed by atoms with van der Waals surface area (Å²) < 4.78 is 30.3. The third-order valence-electron chi connectivity index (χ3n) is 1.66. The normalized spacial score (nSPS) is 10.6. The van der Waals surface area contributed by atoms with Crippen molar-refractivity contribution >= 4 is 40.2 Å². The number of aromatic nitrogens is 1. The monoisotopic (exact) mass is 361 g/mol. The molecule has 1 heterocycles. The Balaban J connectivity index is 3.29. The number of nitrogens with zero attached hydrogens (tertiary/aromatic N) is 1. The van der Waals surface area contributed by atoms with Gasteiger partial charge >= 0.3 is 5.97 Å². The van der Waals surface area contributed by atoms with Crippen LogP contribution in [0.2, 0.25) is 5.15 Å². The van der Waals surface area contributed by atoms with Crippen LogP contribution in [0.3, 0.4) is 0 Å². The fraction of sp³-hybridized carbons (Fsp3) is 0.333. The molecule has 88 valence electrons. The van der Waals surface area contributed by atoms with Crippen LogP contribution in [0.5, 0.6) is 0 Å². The van der Waals surface area contributed by atoms with E-state index in [0.29, 0.717) is 0 Å². The Bertz CT molecular complexity index is 415. The van der Waals surface area contributed by atoms with Crippen molar-refractivity contribution in [2.45, 2.75) is 13.3 Å². The number of alkyl halides is 2. The minimum Gasteiger partial charge on any atom is -0.461 e. The first kappa shape index (κ1) is 13.6. The summed E-state index contributed by atoms with van der Waals surface area (Å²) in [5.74, 6) is -0.891. The number of carbonyl (C=O) groups excluding carboxylic acids is 1. The van der Waals surface area contributed by atoms with Crippen LogP contribution in [-0.2, 0) is 4.74 Å². The molecule has 0 amide bonds. The lowest BCUT2D eigenvalue weighted by Crippen LogP contribution is -2.12. The number of pyridine rings is 1. The Labute approximate surface area is 109 Å². The molecule has 3 nitrogen and oxygen atoms in total. The molecule has 0 saturated heterocycles. The van der Waals surface area contributed by atoms with Gasteiger partial charge in [-0.2, -0.15) is 0 Å². The zero-order valence-electron chi connectivity index (χ0n) is 8.14. The van der Waals surface area contributed by atoms with Gasteiger partial charge in [0.1, 0.15) is 5.15 Å². The highest BCUT2D eigenvalue weighted by Gasteiger charge is 2.24. The molecular formula is C9H7ClF2INO2. The number of ether oxygens (including phenoxy) is 1. The quantitative estimate of drug-likeness (QED) is 0.470. The largest absolute Gasteiger partial charge is 0.461 e. The summed E-state index contributed by atoms with van der Waals surface area (Å²) in [6.45, 7) is 1.67. The predicted molar refractivity (Wildman–Crippen MR) is 62.9 cm³/mol. The predicted octanol–water partition coefficient (Wildman–Crippen LogP) is 3.45. The highest BCUT2D eigenvalue weighted by Crippen LogP contribution is 2.29. The van der Waals surface area contributed by atoms with Crippen LogP contribution in [0.4, 0.5) is 8.78 Å². The maximum Gasteiger partial charge on any atom is 0.357 e. The molecule has 0 N–H and O–H groups in total. The van der Waals surface area contributed by atoms with Crippen LogP contribution < -0.4 is 0 Å². The second-order valence-electron chi connectivity index (χ2n) is 2.71. The Morgan fingerprint density at radius 1 is 1.69 bits per heavy atom. The SMILES string of the molecule is CCOC(=O)c1nc(Cl)cc(I)c1C(F)F. The van der Waals surface area contributed by atoms with Crippen molar-refractivity contribution in [2.75, 3.05) is 6.61 Å². The molecule has 0 aliphatic heterocycles. The summed E-state index contributed by atoms with van der Waals surface area (Å²) >= 11 is 7.28. The van der Waals surface area contributed by atoms with Gasteiger partial charge in [-0.15, -0.1) is 0 Å². The minimum atomic E-state index is -2.80. The number of carbonyl (C=O) groups is 1. The van der Waals surface area contributed by atoms with E-state index in [9.17, 15) is 13.6 Å². The zero-order valence-corrected chi connectivity index (χ0v) is 11.1. The molecular weight excluding hydrogens is 354 g/mol. The minimum absolute atomic E-state index is 0.0168. The first-order valence-corrected chi connectivity index (χ1v) is 5.74. The standard InChI is InChI=1S/C9H7ClF2INO2/c1-2-16-9(15)7-6(8(11)12)4(13)3-5(10)14-7/h3,8H,2H2,1H3. The molecule has 0 aliphatic carbocycles. The van der Waals surface area contributed by atoms with Gasteiger partial charge < -0.3 is 4.74 Å². The average Bonchev–Trinajstić information content (AvgIpc) is 2.15. The van der Waals surface area contributed by atoms with Gasteiger partial charge in [-0.05, 0) is 35.6 Å². The number of hydrogen-bond acceptors (Lipinski definition) is 3. The fourth-order valence-electron chi connectivity index (χ4n) is 1.06. The second kappa shape index (κ2) is 5.72. The summed E-state index contributed by atoms with van der Waals surface area (Å²) in [6.07, 6.45) is -2.80. The van der Waals surface area contributed by atoms with Crippen molar-refractivity contribution in [2.24, 2.45) is 0 Å². The third-order valence-corrected chi connectivity index (χ3v) is 2.75. The van der Waals surface area contributed by atoms with E-state index in [-0.39, 0.29) is 15.3 Å². The van der Waals surface area contributed by atoms with Gasteiger partial charge in [-0.3, -0.25) is 0 Å². The van der Waals surface area contributed by atoms with E-state index in [2.05, 4.69) is 9.72 Å². The van der Waals surface area contributed by atoms with Crippen LogP contribution >= 0.6 is 34.2 Å². The fourth-order valence-corrected chi connectivity index (χ4v) is 2.22. The van der Waals surface area contributed by atoms with Gasteiger partial charge in [0.05, 0.1) is 12.2 Å². The van der Waals surface area contributed by atoms with Gasteiger partial charge in [0, 0.05) is 3.57 Å². The van der Waals surface area contributed by atoms with Gasteiger partial charge in [0.25, 0.3) is 6.43 Å². The topological polar surface area (TPSA) is 39.2 Å². The lowest BCUT2D eigenvalue weighted by molar-refractivity contribution is 0.0507. The summed E-state index contributed by atoms with van der Waals surface area (Å²) in [5, 5.41) is -0.0168. The molecule has 16 heavy (non-hydrogen) atoms. The molecule has 0 atom stereocenters. The van der Waals surface area contributed by atoms with E-state index >= 15 is 0 Å². The van der Waals surface area contributed by atoms with E-state index in [0.717, 1.165) is 0 Å². The molecule has 1 aromatic rings. The Hall–Kier alpha value is -0.500. The van der Waals surface area contributed by atoms with Crippen molar-refractivity contribution in [3.63, 3.8) is 0 Å². The second-order valence-corrected chi connectivity index (χ2v) is 4.26. The Kier molecular flexibility index (Phi) is 4.85. The van der Waals surface area contributed by atoms with Crippen LogP contribution in [-0.4, -0.2) is 17.6 Å². The number of esters is 1. The van der Waals surface area contributed by atoms with Gasteiger partial charge in [0.15, 0.2) is 5.69 Å². The first-order valence-electron chi connectivity index (χ1n) is 4.28. The van der Waals surface area contributed by atoms with Crippen molar-refractivity contribution in [3.05, 3.63) is 26.0 Å². The molecule has 0 aliphatic rings. The van der Waals surface area contributed by atoms with Crippen molar-refractivity contribution in [1.82, 2.24) is 4.98 Å². The molecule has 0 spiro atoms. The molecule has 1 rings (SSSR count). The highest BCUT2D eigenvalue weighted by molar-refractivity contribution is 14.1. The van der Waals surface area contributed by atoms with Crippen LogP contribution in [0.1, 0.15) is 29.4 Å². The van der Waals surface area contributed by atoms with Crippen molar-refractivity contribution in [1.29, 1.82) is 0 Å². The van der Waals surface area contributed by atoms with Crippen LogP contribution in [0, 0.1) is 3.57 Å². The van der Waals surface area contributed by atoms with Gasteiger partial charge in [0.2, 0.25) is 0 Å². The zero-order chi connectivity index (χ0) is 12.3. The molecule has 7 heteroatoms. The lowest BCUT2D eigenvalue weighted by atomic mass is 10.2. The maximum atomic E-state index is 12.7. The molecule has 0 aromatic carbocycles. The van der Waals surface area contributed by atoms with Crippen LogP contribution in [0.25, 0.3) is 0 Å². The van der Waals surface area contributed by atoms with Crippen molar-refractivity contribution in [3.8, 4) is 0 Å². The summed E-state index contributed by atoms with van der Waals surface area (Å²) in [6, 6.07) is 1.27. The number of hydrogen-bond donors (Lipinski definition) is 0. The van der Waals surface area contributed by atoms with E-state index < -0.39 is 23.7 Å². The molecule has 1 aromatic heterocycles. The first-order chi connectivity index (χ1) is 7.47. The van der Waals surface area contributed by atoms with E-state index in [1.807, 2.05) is 0 Å². The summed E-state index contributed by atoms with van der Waals surface area (Å²) in [7, 11) is 0. The Morgan fingerprint density at radius 3 is 2.81 bits per heavy atom. The lowest BCUT2D eigenvalue weighted by Gasteiger charge is -2.09. The molecule has 0 fully saturated rings.